The second-order valence-electron chi connectivity index (χ2n) is 13.0. The van der Waals surface area contributed by atoms with Crippen LogP contribution in [0.1, 0.15) is 73.1 Å². The van der Waals surface area contributed by atoms with E-state index in [1.165, 1.54) is 0 Å². The molecule has 0 radical (unpaired) electrons. The fourth-order valence-corrected chi connectivity index (χ4v) is 9.99. The number of carbonyl (C=O) groups is 2. The molecule has 7 nitrogen and oxygen atoms in total. The highest BCUT2D eigenvalue weighted by molar-refractivity contribution is 5.97. The maximum atomic E-state index is 13.5. The van der Waals surface area contributed by atoms with E-state index in [0.717, 1.165) is 18.4 Å². The number of hydrogen-bond acceptors (Lipinski definition) is 7. The third kappa shape index (κ3) is 2.15. The number of ether oxygens (including phenoxy) is 3. The van der Waals surface area contributed by atoms with Gasteiger partial charge in [0.05, 0.1) is 28.5 Å². The second-order valence-corrected chi connectivity index (χ2v) is 13.0. The van der Waals surface area contributed by atoms with Crippen LogP contribution >= 0.6 is 0 Å². The largest absolute Gasteiger partial charge is 0.429 e. The molecule has 0 aromatic heterocycles. The molecule has 2 N–H and O–H groups in total. The monoisotopic (exact) mass is 484 g/mol. The van der Waals surface area contributed by atoms with E-state index < -0.39 is 45.5 Å². The smallest absolute Gasteiger partial charge is 0.336 e. The summed E-state index contributed by atoms with van der Waals surface area (Å²) in [7, 11) is 0. The first-order valence-electron chi connectivity index (χ1n) is 13.2. The van der Waals surface area contributed by atoms with Crippen LogP contribution in [0, 0.1) is 34.5 Å². The number of rotatable bonds is 0. The van der Waals surface area contributed by atoms with Crippen molar-refractivity contribution in [3.05, 3.63) is 23.3 Å². The maximum Gasteiger partial charge on any atom is 0.336 e. The summed E-state index contributed by atoms with van der Waals surface area (Å²) in [5.41, 5.74) is -2.12. The Bertz CT molecular complexity index is 1140. The number of esters is 1. The Morgan fingerprint density at radius 2 is 1.86 bits per heavy atom. The normalized spacial score (nSPS) is 60.0. The van der Waals surface area contributed by atoms with Crippen molar-refractivity contribution in [1.29, 1.82) is 0 Å². The molecule has 0 amide bonds. The molecule has 4 aliphatic carbocycles. The van der Waals surface area contributed by atoms with Crippen molar-refractivity contribution in [2.24, 2.45) is 34.5 Å². The van der Waals surface area contributed by atoms with Crippen LogP contribution in [-0.4, -0.2) is 50.8 Å². The van der Waals surface area contributed by atoms with Gasteiger partial charge < -0.3 is 24.4 Å². The van der Waals surface area contributed by atoms with Gasteiger partial charge in [-0.1, -0.05) is 25.5 Å². The predicted octanol–water partition coefficient (Wildman–Crippen LogP) is 3.18. The van der Waals surface area contributed by atoms with Crippen molar-refractivity contribution in [2.75, 3.05) is 0 Å². The summed E-state index contributed by atoms with van der Waals surface area (Å²) in [6.45, 7) is 9.49. The lowest BCUT2D eigenvalue weighted by Gasteiger charge is -2.69. The molecule has 3 aliphatic heterocycles. The van der Waals surface area contributed by atoms with Crippen LogP contribution in [0.3, 0.4) is 0 Å². The van der Waals surface area contributed by atoms with Gasteiger partial charge in [-0.15, -0.1) is 0 Å². The highest BCUT2D eigenvalue weighted by atomic mass is 16.8. The van der Waals surface area contributed by atoms with Gasteiger partial charge in [0.1, 0.15) is 5.60 Å². The van der Waals surface area contributed by atoms with Gasteiger partial charge in [-0.2, -0.15) is 0 Å². The summed E-state index contributed by atoms with van der Waals surface area (Å²) in [5.74, 6) is -4.20. The van der Waals surface area contributed by atoms with Gasteiger partial charge >= 0.3 is 5.97 Å². The second kappa shape index (κ2) is 6.12. The summed E-state index contributed by atoms with van der Waals surface area (Å²) >= 11 is 0. The molecule has 3 heterocycles. The molecule has 0 aromatic carbocycles. The number of aliphatic hydroxyl groups is 2. The highest BCUT2D eigenvalue weighted by Crippen LogP contribution is 2.77. The van der Waals surface area contributed by atoms with E-state index in [2.05, 4.69) is 0 Å². The SMILES string of the molecule is CC1=C(C)C(=O)O[C@]2(C1)O[C@@]1(O)CC3C(C[C@H]4O[C@]45CC=CC(=O)[C@]35C)C3CC[C@@](O)([C@@H]2C)[C@]31C. The highest BCUT2D eigenvalue weighted by Gasteiger charge is 2.85. The summed E-state index contributed by atoms with van der Waals surface area (Å²) in [5, 5.41) is 25.0. The van der Waals surface area contributed by atoms with E-state index >= 15 is 0 Å². The molecule has 0 aromatic rings. The zero-order valence-electron chi connectivity index (χ0n) is 21.2. The van der Waals surface area contributed by atoms with E-state index in [4.69, 9.17) is 14.2 Å². The predicted molar refractivity (Wildman–Crippen MR) is 123 cm³/mol. The van der Waals surface area contributed by atoms with E-state index in [1.807, 2.05) is 33.8 Å². The number of allylic oxidation sites excluding steroid dienone is 1. The molecular formula is C28H36O7. The van der Waals surface area contributed by atoms with Gasteiger partial charge in [0.25, 0.3) is 0 Å². The average molecular weight is 485 g/mol. The van der Waals surface area contributed by atoms with Crippen molar-refractivity contribution in [3.63, 3.8) is 0 Å². The van der Waals surface area contributed by atoms with Crippen molar-refractivity contribution < 1.29 is 34.0 Å². The Balaban J connectivity index is 1.39. The van der Waals surface area contributed by atoms with Gasteiger partial charge in [0.15, 0.2) is 11.6 Å². The molecular weight excluding hydrogens is 448 g/mol. The Kier molecular flexibility index (Phi) is 3.96. The molecule has 7 rings (SSSR count). The van der Waals surface area contributed by atoms with Gasteiger partial charge in [-0.25, -0.2) is 4.79 Å². The summed E-state index contributed by atoms with van der Waals surface area (Å²) < 4.78 is 18.9. The van der Waals surface area contributed by atoms with Crippen molar-refractivity contribution in [1.82, 2.24) is 0 Å². The average Bonchev–Trinajstić information content (AvgIpc) is 3.42. The first kappa shape index (κ1) is 22.6. The summed E-state index contributed by atoms with van der Waals surface area (Å²) in [4.78, 5) is 26.3. The van der Waals surface area contributed by atoms with Gasteiger partial charge in [0, 0.05) is 18.4 Å². The van der Waals surface area contributed by atoms with Gasteiger partial charge in [0.2, 0.25) is 5.79 Å². The van der Waals surface area contributed by atoms with Crippen LogP contribution in [0.5, 0.6) is 0 Å². The number of carbonyl (C=O) groups excluding carboxylic acids is 2. The molecule has 5 fully saturated rings. The molecule has 190 valence electrons. The van der Waals surface area contributed by atoms with Gasteiger partial charge in [-0.3, -0.25) is 4.79 Å². The fourth-order valence-electron chi connectivity index (χ4n) is 9.99. The minimum atomic E-state index is -1.75. The van der Waals surface area contributed by atoms with Crippen LogP contribution in [0.15, 0.2) is 23.3 Å². The zero-order chi connectivity index (χ0) is 25.0. The Hall–Kier alpha value is -1.54. The zero-order valence-corrected chi connectivity index (χ0v) is 21.2. The Labute approximate surface area is 205 Å². The van der Waals surface area contributed by atoms with E-state index in [-0.39, 0.29) is 36.1 Å². The lowest BCUT2D eigenvalue weighted by molar-refractivity contribution is -0.470. The van der Waals surface area contributed by atoms with E-state index in [0.29, 0.717) is 24.8 Å². The van der Waals surface area contributed by atoms with Crippen LogP contribution in [0.2, 0.25) is 0 Å². The van der Waals surface area contributed by atoms with Gasteiger partial charge in [-0.05, 0) is 70.3 Å². The standard InChI is InChI=1S/C28H36O7/c1-14-12-27(34-22(30)15(14)2)16(3)25(31)10-8-18-17-11-21-26(33-21)9-6-7-20(29)23(26,4)19(17)13-28(32,35-27)24(18,25)5/h6-7,16-19,21,31-32H,8-13H2,1-5H3/t16-,17?,18?,19?,21+,23-,24-,25+,26+,27+,28-/m0/s1. The number of fused-ring (bicyclic) bond motifs is 3. The third-order valence-corrected chi connectivity index (χ3v) is 12.4. The molecule has 3 saturated carbocycles. The van der Waals surface area contributed by atoms with E-state index in [1.54, 1.807) is 13.0 Å². The Morgan fingerprint density at radius 1 is 1.11 bits per heavy atom. The Morgan fingerprint density at radius 3 is 2.57 bits per heavy atom. The molecule has 3 unspecified atom stereocenters. The molecule has 7 heteroatoms. The van der Waals surface area contributed by atoms with E-state index in [9.17, 15) is 19.8 Å². The van der Waals surface area contributed by atoms with Crippen molar-refractivity contribution in [3.8, 4) is 0 Å². The molecule has 2 saturated heterocycles. The third-order valence-electron chi connectivity index (χ3n) is 12.4. The lowest BCUT2D eigenvalue weighted by Crippen LogP contribution is -2.79. The molecule has 35 heavy (non-hydrogen) atoms. The fraction of sp³-hybridized carbons (Fsp3) is 0.786. The maximum absolute atomic E-state index is 13.5. The molecule has 7 aliphatic rings. The van der Waals surface area contributed by atoms with Crippen LogP contribution in [-0.2, 0) is 23.8 Å². The number of ketones is 1. The first-order chi connectivity index (χ1) is 16.3. The van der Waals surface area contributed by atoms with Crippen LogP contribution in [0.25, 0.3) is 0 Å². The van der Waals surface area contributed by atoms with Crippen LogP contribution < -0.4 is 0 Å². The van der Waals surface area contributed by atoms with Crippen molar-refractivity contribution >= 4 is 11.8 Å². The van der Waals surface area contributed by atoms with Crippen molar-refractivity contribution in [2.45, 2.75) is 102 Å². The topological polar surface area (TPSA) is 106 Å². The summed E-state index contributed by atoms with van der Waals surface area (Å²) in [6, 6.07) is 0. The first-order valence-corrected chi connectivity index (χ1v) is 13.2. The lowest BCUT2D eigenvalue weighted by atomic mass is 9.41. The molecule has 2 spiro atoms. The summed E-state index contributed by atoms with van der Waals surface area (Å²) in [6.07, 6.45) is 6.91. The molecule has 0 bridgehead atoms. The number of hydrogen-bond donors (Lipinski definition) is 2. The van der Waals surface area contributed by atoms with Crippen LogP contribution in [0.4, 0.5) is 0 Å². The minimum absolute atomic E-state index is 0.0357. The quantitative estimate of drug-likeness (QED) is 0.402. The minimum Gasteiger partial charge on any atom is -0.429 e. The number of epoxide rings is 1. The molecule has 11 atom stereocenters.